The maximum atomic E-state index is 14.0. The first-order valence-corrected chi connectivity index (χ1v) is 15.2. The molecule has 0 radical (unpaired) electrons. The first-order valence-electron chi connectivity index (χ1n) is 13.5. The number of hydrogen-bond acceptors (Lipinski definition) is 9. The number of thioether (sulfide) groups is 1. The van der Waals surface area contributed by atoms with E-state index in [0.717, 1.165) is 33.6 Å². The number of thiazole rings is 1. The number of phenols is 1. The van der Waals surface area contributed by atoms with Crippen LogP contribution in [0.1, 0.15) is 33.6 Å². The van der Waals surface area contributed by atoms with Gasteiger partial charge < -0.3 is 15.2 Å². The summed E-state index contributed by atoms with van der Waals surface area (Å²) in [6.07, 6.45) is 0. The van der Waals surface area contributed by atoms with Crippen molar-refractivity contribution >= 4 is 58.2 Å². The highest BCUT2D eigenvalue weighted by molar-refractivity contribution is 8.00. The van der Waals surface area contributed by atoms with Crippen LogP contribution in [0.15, 0.2) is 88.7 Å². The molecule has 0 spiro atoms. The van der Waals surface area contributed by atoms with Gasteiger partial charge in [0.15, 0.2) is 0 Å². The number of ether oxygens (including phenoxy) is 1. The molecular formula is C31H25N3O7S2. The molecule has 6 rings (SSSR count). The molecule has 2 N–H and O–H groups in total. The van der Waals surface area contributed by atoms with E-state index >= 15 is 0 Å². The zero-order chi connectivity index (χ0) is 30.2. The number of esters is 1. The van der Waals surface area contributed by atoms with Crippen LogP contribution in [0.25, 0.3) is 0 Å². The molecule has 3 amide bonds. The van der Waals surface area contributed by atoms with E-state index in [0.29, 0.717) is 26.8 Å². The van der Waals surface area contributed by atoms with Gasteiger partial charge in [-0.25, -0.2) is 9.69 Å². The number of carbonyl (C=O) groups excluding carboxylic acids is 4. The van der Waals surface area contributed by atoms with Gasteiger partial charge in [-0.2, -0.15) is 0 Å². The van der Waals surface area contributed by atoms with Gasteiger partial charge in [0.05, 0.1) is 28.8 Å². The number of phenolic OH excluding ortho intramolecular Hbond substituents is 1. The Morgan fingerprint density at radius 3 is 2.30 bits per heavy atom. The quantitative estimate of drug-likeness (QED) is 0.179. The minimum atomic E-state index is -0.838. The Balaban J connectivity index is 1.35. The summed E-state index contributed by atoms with van der Waals surface area (Å²) < 4.78 is 6.38. The van der Waals surface area contributed by atoms with E-state index < -0.39 is 40.8 Å². The Morgan fingerprint density at radius 1 is 0.930 bits per heavy atom. The van der Waals surface area contributed by atoms with Crippen molar-refractivity contribution < 1.29 is 29.0 Å². The van der Waals surface area contributed by atoms with Crippen LogP contribution in [-0.4, -0.2) is 45.2 Å². The Morgan fingerprint density at radius 2 is 1.63 bits per heavy atom. The summed E-state index contributed by atoms with van der Waals surface area (Å²) in [6, 6.07) is 21.3. The van der Waals surface area contributed by atoms with E-state index in [1.54, 1.807) is 31.2 Å². The molecule has 4 aromatic rings. The van der Waals surface area contributed by atoms with E-state index in [1.165, 1.54) is 28.8 Å². The van der Waals surface area contributed by atoms with E-state index in [4.69, 9.17) is 4.74 Å². The molecule has 1 saturated heterocycles. The van der Waals surface area contributed by atoms with Crippen molar-refractivity contribution in [3.05, 3.63) is 105 Å². The molecule has 1 fully saturated rings. The largest absolute Gasteiger partial charge is 0.508 e. The van der Waals surface area contributed by atoms with Crippen molar-refractivity contribution in [1.82, 2.24) is 4.57 Å². The Labute approximate surface area is 253 Å². The molecule has 12 heteroatoms. The Hall–Kier alpha value is -4.68. The van der Waals surface area contributed by atoms with E-state index in [1.807, 2.05) is 30.3 Å². The van der Waals surface area contributed by atoms with E-state index in [-0.39, 0.29) is 23.8 Å². The maximum absolute atomic E-state index is 14.0. The number of imide groups is 1. The van der Waals surface area contributed by atoms with Crippen molar-refractivity contribution in [3.63, 3.8) is 0 Å². The molecule has 218 valence electrons. The smallest absolute Gasteiger partial charge is 0.338 e. The van der Waals surface area contributed by atoms with Crippen molar-refractivity contribution in [3.8, 4) is 5.75 Å². The second-order valence-corrected chi connectivity index (χ2v) is 12.1. The molecular weight excluding hydrogens is 590 g/mol. The third-order valence-corrected chi connectivity index (χ3v) is 9.90. The van der Waals surface area contributed by atoms with E-state index in [9.17, 15) is 29.1 Å². The van der Waals surface area contributed by atoms with Crippen LogP contribution in [0, 0.1) is 5.92 Å². The third kappa shape index (κ3) is 5.23. The number of amides is 3. The third-order valence-electron chi connectivity index (χ3n) is 7.30. The molecule has 0 aliphatic carbocycles. The van der Waals surface area contributed by atoms with Crippen molar-refractivity contribution in [2.45, 2.75) is 29.7 Å². The number of aromatic hydroxyl groups is 1. The molecule has 43 heavy (non-hydrogen) atoms. The monoisotopic (exact) mass is 615 g/mol. The average molecular weight is 616 g/mol. The first-order chi connectivity index (χ1) is 20.8. The van der Waals surface area contributed by atoms with Crippen molar-refractivity contribution in [2.75, 3.05) is 16.8 Å². The van der Waals surface area contributed by atoms with Gasteiger partial charge in [-0.15, -0.1) is 0 Å². The van der Waals surface area contributed by atoms with Crippen molar-refractivity contribution in [2.24, 2.45) is 5.92 Å². The summed E-state index contributed by atoms with van der Waals surface area (Å²) >= 11 is 2.09. The van der Waals surface area contributed by atoms with Crippen molar-refractivity contribution in [1.29, 1.82) is 0 Å². The average Bonchev–Trinajstić information content (AvgIpc) is 3.45. The topological polar surface area (TPSA) is 135 Å². The molecule has 3 aromatic carbocycles. The number of benzene rings is 3. The fraction of sp³-hybridized carbons (Fsp3) is 0.194. The Bertz CT molecular complexity index is 1780. The highest BCUT2D eigenvalue weighted by atomic mass is 32.2. The lowest BCUT2D eigenvalue weighted by Gasteiger charge is -2.30. The first kappa shape index (κ1) is 28.4. The molecule has 3 heterocycles. The second kappa shape index (κ2) is 11.5. The zero-order valence-corrected chi connectivity index (χ0v) is 24.4. The molecule has 1 aromatic heterocycles. The van der Waals surface area contributed by atoms with Crippen LogP contribution in [-0.2, 0) is 25.7 Å². The van der Waals surface area contributed by atoms with Crippen LogP contribution < -0.4 is 15.1 Å². The zero-order valence-electron chi connectivity index (χ0n) is 22.8. The fourth-order valence-corrected chi connectivity index (χ4v) is 8.15. The number of hydrogen-bond donors (Lipinski definition) is 2. The van der Waals surface area contributed by atoms with Gasteiger partial charge in [0.25, 0.3) is 0 Å². The summed E-state index contributed by atoms with van der Waals surface area (Å²) in [7, 11) is 0. The standard InChI is InChI=1S/C31H25N3O7S2/c1-2-41-30(39)18-8-12-20(13-9-18)34-27(37)24-23(17-6-4-3-5-7-17)26-29(42-25(24)28(34)38)33(31(40)43-26)16-22(36)32-19-10-14-21(35)15-11-19/h3-15,23-25,35H,2,16H2,1H3,(H,32,36)/t23-,24?,25?/m1/s1. The minimum absolute atomic E-state index is 0.0544. The minimum Gasteiger partial charge on any atom is -0.508 e. The normalized spacial score (nSPS) is 19.1. The predicted molar refractivity (Wildman–Crippen MR) is 162 cm³/mol. The summed E-state index contributed by atoms with van der Waals surface area (Å²) in [5.74, 6) is -3.10. The van der Waals surface area contributed by atoms with Gasteiger partial charge >= 0.3 is 10.8 Å². The van der Waals surface area contributed by atoms with E-state index in [2.05, 4.69) is 5.32 Å². The number of nitrogens with one attached hydrogen (secondary N) is 1. The van der Waals surface area contributed by atoms with Gasteiger partial charge in [-0.3, -0.25) is 23.7 Å². The molecule has 2 aliphatic heterocycles. The summed E-state index contributed by atoms with van der Waals surface area (Å²) in [6.45, 7) is 1.63. The lowest BCUT2D eigenvalue weighted by Crippen LogP contribution is -2.33. The maximum Gasteiger partial charge on any atom is 0.338 e. The number of fused-ring (bicyclic) bond motifs is 2. The number of aromatic nitrogens is 1. The molecule has 2 aliphatic rings. The Kier molecular flexibility index (Phi) is 7.63. The number of carbonyl (C=O) groups is 4. The van der Waals surface area contributed by atoms with Gasteiger partial charge in [0.2, 0.25) is 17.7 Å². The molecule has 3 atom stereocenters. The van der Waals surface area contributed by atoms with Crippen LogP contribution >= 0.6 is 23.1 Å². The highest BCUT2D eigenvalue weighted by Crippen LogP contribution is 2.53. The molecule has 10 nitrogen and oxygen atoms in total. The number of nitrogens with zero attached hydrogens (tertiary/aromatic N) is 2. The fourth-order valence-electron chi connectivity index (χ4n) is 5.38. The second-order valence-electron chi connectivity index (χ2n) is 9.95. The SMILES string of the molecule is CCOC(=O)c1ccc(N2C(=O)C3Sc4c(sc(=O)n4CC(=O)Nc4ccc(O)cc4)[C@H](c4ccccc4)C3C2=O)cc1. The van der Waals surface area contributed by atoms with Crippen LogP contribution in [0.4, 0.5) is 11.4 Å². The van der Waals surface area contributed by atoms with Gasteiger partial charge in [0.1, 0.15) is 17.5 Å². The van der Waals surface area contributed by atoms with Crippen LogP contribution in [0.3, 0.4) is 0 Å². The van der Waals surface area contributed by atoms with Crippen LogP contribution in [0.5, 0.6) is 5.75 Å². The van der Waals surface area contributed by atoms with Gasteiger partial charge in [0, 0.05) is 16.5 Å². The molecule has 2 unspecified atom stereocenters. The summed E-state index contributed by atoms with van der Waals surface area (Å²) in [5.41, 5.74) is 1.87. The van der Waals surface area contributed by atoms with Gasteiger partial charge in [-0.1, -0.05) is 53.4 Å². The number of rotatable bonds is 7. The lowest BCUT2D eigenvalue weighted by molar-refractivity contribution is -0.122. The summed E-state index contributed by atoms with van der Waals surface area (Å²) in [5, 5.41) is 11.9. The van der Waals surface area contributed by atoms with Crippen LogP contribution in [0.2, 0.25) is 0 Å². The van der Waals surface area contributed by atoms with Gasteiger partial charge in [-0.05, 0) is 61.0 Å². The predicted octanol–water partition coefficient (Wildman–Crippen LogP) is 4.23. The highest BCUT2D eigenvalue weighted by Gasteiger charge is 2.56. The number of anilines is 2. The lowest BCUT2D eigenvalue weighted by atomic mass is 9.83. The molecule has 0 bridgehead atoms. The summed E-state index contributed by atoms with van der Waals surface area (Å²) in [4.78, 5) is 67.6. The molecule has 0 saturated carbocycles.